The molecule has 3 aromatic carbocycles. The summed E-state index contributed by atoms with van der Waals surface area (Å²) in [7, 11) is -3.02. The number of nitrogens with zero attached hydrogens (tertiary/aromatic N) is 2. The van der Waals surface area contributed by atoms with Crippen molar-refractivity contribution in [3.63, 3.8) is 0 Å². The number of ether oxygens (including phenoxy) is 1. The van der Waals surface area contributed by atoms with Gasteiger partial charge in [0, 0.05) is 25.6 Å². The molecule has 0 bridgehead atoms. The second-order valence-electron chi connectivity index (χ2n) is 9.02. The molecule has 1 aliphatic rings. The number of rotatable bonds is 8. The molecule has 0 saturated carbocycles. The van der Waals surface area contributed by atoms with Gasteiger partial charge in [0.25, 0.3) is 10.0 Å². The predicted molar refractivity (Wildman–Crippen MR) is 134 cm³/mol. The number of hydrogen-bond acceptors (Lipinski definition) is 5. The number of carbonyl (C=O) groups is 1. The topological polar surface area (TPSA) is 87.2 Å². The molecule has 0 saturated heterocycles. The van der Waals surface area contributed by atoms with Crippen molar-refractivity contribution >= 4 is 27.4 Å². The molecule has 0 fully saturated rings. The number of carboxylic acids is 1. The van der Waals surface area contributed by atoms with Gasteiger partial charge in [-0.15, -0.1) is 0 Å². The summed E-state index contributed by atoms with van der Waals surface area (Å²) >= 11 is 0. The van der Waals surface area contributed by atoms with Crippen LogP contribution in [-0.4, -0.2) is 45.7 Å². The van der Waals surface area contributed by atoms with Crippen molar-refractivity contribution in [1.29, 1.82) is 0 Å². The van der Waals surface area contributed by atoms with Crippen LogP contribution in [0, 0.1) is 5.82 Å². The van der Waals surface area contributed by atoms with E-state index in [-0.39, 0.29) is 36.2 Å². The van der Waals surface area contributed by atoms with Gasteiger partial charge in [-0.25, -0.2) is 12.8 Å². The molecule has 4 rings (SSSR count). The third kappa shape index (κ3) is 6.11. The fraction of sp³-hybridized carbons (Fsp3) is 0.269. The number of fused-ring (bicyclic) bond motifs is 1. The Morgan fingerprint density at radius 1 is 1.05 bits per heavy atom. The van der Waals surface area contributed by atoms with Crippen LogP contribution in [0.4, 0.5) is 37.7 Å². The Balaban J connectivity index is 1.85. The Morgan fingerprint density at radius 3 is 2.42 bits per heavy atom. The second kappa shape index (κ2) is 10.9. The zero-order valence-corrected chi connectivity index (χ0v) is 21.5. The van der Waals surface area contributed by atoms with Crippen molar-refractivity contribution < 1.29 is 49.4 Å². The van der Waals surface area contributed by atoms with E-state index in [1.165, 1.54) is 18.2 Å². The zero-order valence-electron chi connectivity index (χ0n) is 20.7. The van der Waals surface area contributed by atoms with Crippen LogP contribution in [0.1, 0.15) is 18.4 Å². The molecule has 40 heavy (non-hydrogen) atoms. The number of likely N-dealkylation sites (N-methyl/N-ethyl adjacent to an activating group) is 1. The van der Waals surface area contributed by atoms with Gasteiger partial charge in [0.05, 0.1) is 28.4 Å². The average molecular weight is 589 g/mol. The first-order chi connectivity index (χ1) is 18.7. The van der Waals surface area contributed by atoms with Crippen molar-refractivity contribution in [2.75, 3.05) is 22.8 Å². The van der Waals surface area contributed by atoms with Crippen LogP contribution in [0.3, 0.4) is 0 Å². The maximum absolute atomic E-state index is 14.2. The third-order valence-electron chi connectivity index (χ3n) is 6.42. The molecule has 3 aromatic rings. The molecule has 214 valence electrons. The maximum atomic E-state index is 14.2. The fourth-order valence-corrected chi connectivity index (χ4v) is 6.03. The Morgan fingerprint density at radius 2 is 1.77 bits per heavy atom. The molecule has 14 heteroatoms. The van der Waals surface area contributed by atoms with Crippen molar-refractivity contribution in [3.05, 3.63) is 72.0 Å². The maximum Gasteiger partial charge on any atom is 0.416 e. The summed E-state index contributed by atoms with van der Waals surface area (Å²) in [6, 6.07) is 9.74. The molecule has 0 spiro atoms. The van der Waals surface area contributed by atoms with Crippen LogP contribution in [0.25, 0.3) is 11.1 Å². The Hall–Kier alpha value is -3.94. The van der Waals surface area contributed by atoms with Crippen LogP contribution in [0.2, 0.25) is 0 Å². The molecular formula is C26H22F6N2O5S. The zero-order chi connectivity index (χ0) is 29.4. The first kappa shape index (κ1) is 29.1. The number of halogens is 6. The predicted octanol–water partition coefficient (Wildman–Crippen LogP) is 5.99. The molecule has 1 aliphatic heterocycles. The van der Waals surface area contributed by atoms with E-state index < -0.39 is 56.8 Å². The van der Waals surface area contributed by atoms with E-state index >= 15 is 0 Å². The van der Waals surface area contributed by atoms with Crippen molar-refractivity contribution in [2.45, 2.75) is 36.6 Å². The average Bonchev–Trinajstić information content (AvgIpc) is 2.86. The molecule has 0 aromatic heterocycles. The Kier molecular flexibility index (Phi) is 7.92. The van der Waals surface area contributed by atoms with Gasteiger partial charge in [0.2, 0.25) is 0 Å². The minimum absolute atomic E-state index is 0.0181. The first-order valence-corrected chi connectivity index (χ1v) is 13.2. The van der Waals surface area contributed by atoms with Gasteiger partial charge in [0.15, 0.2) is 0 Å². The Bertz CT molecular complexity index is 1530. The van der Waals surface area contributed by atoms with Gasteiger partial charge >= 0.3 is 18.8 Å². The van der Waals surface area contributed by atoms with Crippen LogP contribution < -0.4 is 13.9 Å². The van der Waals surface area contributed by atoms with E-state index in [0.717, 1.165) is 40.7 Å². The third-order valence-corrected chi connectivity index (χ3v) is 8.19. The number of benzene rings is 3. The molecule has 7 nitrogen and oxygen atoms in total. The van der Waals surface area contributed by atoms with E-state index in [2.05, 4.69) is 4.74 Å². The fourth-order valence-electron chi connectivity index (χ4n) is 4.47. The lowest BCUT2D eigenvalue weighted by Crippen LogP contribution is -2.49. The first-order valence-electron chi connectivity index (χ1n) is 11.7. The van der Waals surface area contributed by atoms with E-state index in [1.54, 1.807) is 11.9 Å². The summed E-state index contributed by atoms with van der Waals surface area (Å²) in [4.78, 5) is 12.2. The largest absolute Gasteiger partial charge is 0.481 e. The highest BCUT2D eigenvalue weighted by Crippen LogP contribution is 2.42. The highest BCUT2D eigenvalue weighted by atomic mass is 32.2. The second-order valence-corrected chi connectivity index (χ2v) is 10.9. The summed E-state index contributed by atoms with van der Waals surface area (Å²) in [6.45, 7) is -3.52. The quantitative estimate of drug-likeness (QED) is 0.326. The van der Waals surface area contributed by atoms with E-state index in [1.807, 2.05) is 0 Å². The van der Waals surface area contributed by atoms with Gasteiger partial charge in [-0.2, -0.15) is 22.0 Å². The number of alkyl halides is 5. The number of carboxylic acid groups (broad SMARTS) is 1. The molecule has 1 N–H and O–H groups in total. The molecule has 0 radical (unpaired) electrons. The molecule has 0 unspecified atom stereocenters. The highest BCUT2D eigenvalue weighted by molar-refractivity contribution is 7.92. The van der Waals surface area contributed by atoms with Gasteiger partial charge in [-0.3, -0.25) is 9.10 Å². The van der Waals surface area contributed by atoms with Crippen LogP contribution in [0.5, 0.6) is 5.75 Å². The lowest BCUT2D eigenvalue weighted by molar-refractivity contribution is -0.138. The number of aliphatic carboxylic acids is 1. The SMILES string of the molecule is CN1c2ccc(-c3cc(F)cc(OC(F)F)c3)cc2N(S(=O)(=O)c2cccc(C(F)(F)F)c2)C[C@@H]1CCC(=O)O. The molecule has 0 amide bonds. The van der Waals surface area contributed by atoms with Crippen LogP contribution >= 0.6 is 0 Å². The van der Waals surface area contributed by atoms with Crippen molar-refractivity contribution in [2.24, 2.45) is 0 Å². The monoisotopic (exact) mass is 588 g/mol. The standard InChI is InChI=1S/C26H22F6N2O5S/c1-33-19(6-8-24(35)36)14-34(40(37,38)21-4-2-3-17(12-21)26(30,31)32)23-11-15(5-7-22(23)33)16-9-18(27)13-20(10-16)39-25(28)29/h2-5,7,9-13,19,25H,6,8,14H2,1H3,(H,35,36)/t19-/m0/s1. The summed E-state index contributed by atoms with van der Waals surface area (Å²) in [5, 5.41) is 9.15. The lowest BCUT2D eigenvalue weighted by atomic mass is 10.00. The summed E-state index contributed by atoms with van der Waals surface area (Å²) in [5.41, 5.74) is -0.569. The van der Waals surface area contributed by atoms with Gasteiger partial charge in [0.1, 0.15) is 11.6 Å². The van der Waals surface area contributed by atoms with Crippen molar-refractivity contribution in [1.82, 2.24) is 0 Å². The summed E-state index contributed by atoms with van der Waals surface area (Å²) in [5.74, 6) is -2.48. The lowest BCUT2D eigenvalue weighted by Gasteiger charge is -2.42. The van der Waals surface area contributed by atoms with E-state index in [4.69, 9.17) is 5.11 Å². The Labute approximate surface area is 225 Å². The summed E-state index contributed by atoms with van der Waals surface area (Å²) in [6.07, 6.45) is -5.08. The number of sulfonamides is 1. The van der Waals surface area contributed by atoms with Crippen LogP contribution in [0.15, 0.2) is 65.6 Å². The molecule has 1 heterocycles. The highest BCUT2D eigenvalue weighted by Gasteiger charge is 2.38. The molecular weight excluding hydrogens is 566 g/mol. The number of hydrogen-bond donors (Lipinski definition) is 1. The minimum atomic E-state index is -4.81. The van der Waals surface area contributed by atoms with Gasteiger partial charge < -0.3 is 14.7 Å². The van der Waals surface area contributed by atoms with E-state index in [0.29, 0.717) is 11.8 Å². The van der Waals surface area contributed by atoms with Crippen LogP contribution in [-0.2, 0) is 21.0 Å². The molecule has 1 atom stereocenters. The van der Waals surface area contributed by atoms with E-state index in [9.17, 15) is 39.6 Å². The number of anilines is 2. The summed E-state index contributed by atoms with van der Waals surface area (Å²) < 4.78 is 112. The van der Waals surface area contributed by atoms with Gasteiger partial charge in [-0.05, 0) is 60.0 Å². The smallest absolute Gasteiger partial charge is 0.416 e. The molecule has 0 aliphatic carbocycles. The van der Waals surface area contributed by atoms with Gasteiger partial charge in [-0.1, -0.05) is 12.1 Å². The van der Waals surface area contributed by atoms with Crippen molar-refractivity contribution in [3.8, 4) is 16.9 Å². The normalized spacial score (nSPS) is 15.8. The minimum Gasteiger partial charge on any atom is -0.481 e.